The van der Waals surface area contributed by atoms with Gasteiger partial charge in [0.15, 0.2) is 0 Å². The minimum atomic E-state index is -5.34. The van der Waals surface area contributed by atoms with Gasteiger partial charge >= 0.3 is 12.1 Å². The SMILES string of the molecule is CC(C)(C)N1C(=O)CC(c2ccc(C[C@@H](c3nc4ccc(Cl)cc4[nH]3)N(OC(=O)C(F)(F)F)C(=S)Nc3ccccc3)cc2)S1(O)O. The van der Waals surface area contributed by atoms with Crippen LogP contribution in [0, 0.1) is 0 Å². The summed E-state index contributed by atoms with van der Waals surface area (Å²) < 4.78 is 63.8. The van der Waals surface area contributed by atoms with Crippen LogP contribution in [-0.4, -0.2) is 57.1 Å². The van der Waals surface area contributed by atoms with Crippen molar-refractivity contribution in [1.29, 1.82) is 0 Å². The predicted molar refractivity (Wildman–Crippen MR) is 177 cm³/mol. The maximum atomic E-state index is 13.5. The number of rotatable bonds is 6. The van der Waals surface area contributed by atoms with Crippen LogP contribution in [0.15, 0.2) is 72.8 Å². The molecule has 4 N–H and O–H groups in total. The second-order valence-electron chi connectivity index (χ2n) is 11.9. The fourth-order valence-electron chi connectivity index (χ4n) is 5.34. The molecule has 3 aromatic carbocycles. The number of fused-ring (bicyclic) bond motifs is 1. The molecule has 0 spiro atoms. The molecule has 1 amide bonds. The Morgan fingerprint density at radius 1 is 1.15 bits per heavy atom. The fourth-order valence-corrected chi connectivity index (χ4v) is 8.12. The van der Waals surface area contributed by atoms with Crippen molar-refractivity contribution in [2.75, 3.05) is 5.32 Å². The summed E-state index contributed by atoms with van der Waals surface area (Å²) in [7, 11) is -3.51. The van der Waals surface area contributed by atoms with Crippen molar-refractivity contribution >= 4 is 68.3 Å². The number of hydroxylamine groups is 2. The number of benzene rings is 3. The maximum absolute atomic E-state index is 13.5. The molecule has 10 nitrogen and oxygen atoms in total. The van der Waals surface area contributed by atoms with Gasteiger partial charge in [0, 0.05) is 17.1 Å². The normalized spacial score (nSPS) is 17.8. The van der Waals surface area contributed by atoms with E-state index in [1.165, 1.54) is 0 Å². The molecule has 0 saturated carbocycles. The average molecular weight is 710 g/mol. The van der Waals surface area contributed by atoms with Crippen molar-refractivity contribution in [1.82, 2.24) is 19.3 Å². The molecule has 250 valence electrons. The molecule has 5 rings (SSSR count). The number of alkyl halides is 3. The molecular weight excluding hydrogens is 679 g/mol. The van der Waals surface area contributed by atoms with Gasteiger partial charge in [0.1, 0.15) is 17.1 Å². The van der Waals surface area contributed by atoms with Gasteiger partial charge in [-0.05, 0) is 74.4 Å². The summed E-state index contributed by atoms with van der Waals surface area (Å²) in [6.45, 7) is 5.14. The van der Waals surface area contributed by atoms with Crippen LogP contribution in [0.2, 0.25) is 5.02 Å². The molecule has 16 heteroatoms. The molecule has 0 radical (unpaired) electrons. The number of aromatic amines is 1. The Kier molecular flexibility index (Phi) is 9.50. The number of aromatic nitrogens is 2. The average Bonchev–Trinajstić information content (AvgIpc) is 3.51. The zero-order chi connectivity index (χ0) is 34.3. The molecule has 0 aliphatic carbocycles. The van der Waals surface area contributed by atoms with E-state index < -0.39 is 45.7 Å². The van der Waals surface area contributed by atoms with Gasteiger partial charge in [-0.25, -0.2) is 14.1 Å². The van der Waals surface area contributed by atoms with Crippen LogP contribution in [0.3, 0.4) is 0 Å². The zero-order valence-corrected chi connectivity index (χ0v) is 27.7. The molecule has 0 bridgehead atoms. The van der Waals surface area contributed by atoms with Crippen LogP contribution in [0.5, 0.6) is 0 Å². The first-order chi connectivity index (χ1) is 21.9. The fraction of sp³-hybridized carbons (Fsp3) is 0.290. The minimum Gasteiger partial charge on any atom is -0.340 e. The van der Waals surface area contributed by atoms with E-state index in [0.29, 0.717) is 37.9 Å². The summed E-state index contributed by atoms with van der Waals surface area (Å²) in [5, 5.41) is 2.62. The molecule has 1 fully saturated rings. The molecule has 47 heavy (non-hydrogen) atoms. The molecule has 1 aliphatic rings. The highest BCUT2D eigenvalue weighted by Crippen LogP contribution is 2.65. The van der Waals surface area contributed by atoms with Crippen LogP contribution < -0.4 is 5.32 Å². The Bertz CT molecular complexity index is 1800. The van der Waals surface area contributed by atoms with E-state index in [1.807, 2.05) is 0 Å². The number of amides is 1. The molecule has 1 aliphatic heterocycles. The van der Waals surface area contributed by atoms with E-state index in [2.05, 4.69) is 15.3 Å². The number of thiocarbonyl (C=S) groups is 1. The summed E-state index contributed by atoms with van der Waals surface area (Å²) >= 11 is 11.6. The smallest absolute Gasteiger partial charge is 0.340 e. The Morgan fingerprint density at radius 3 is 2.40 bits per heavy atom. The van der Waals surface area contributed by atoms with Crippen molar-refractivity contribution in [3.8, 4) is 0 Å². The summed E-state index contributed by atoms with van der Waals surface area (Å²) in [4.78, 5) is 37.5. The number of halogens is 4. The lowest BCUT2D eigenvalue weighted by Gasteiger charge is -2.47. The number of carbonyl (C=O) groups is 2. The Hall–Kier alpha value is -3.89. The lowest BCUT2D eigenvalue weighted by atomic mass is 10.0. The number of carbonyl (C=O) groups excluding carboxylic acids is 2. The van der Waals surface area contributed by atoms with Gasteiger partial charge in [-0.15, -0.1) is 10.8 Å². The van der Waals surface area contributed by atoms with E-state index in [4.69, 9.17) is 28.7 Å². The van der Waals surface area contributed by atoms with E-state index >= 15 is 0 Å². The highest BCUT2D eigenvalue weighted by molar-refractivity contribution is 8.23. The predicted octanol–water partition coefficient (Wildman–Crippen LogP) is 7.96. The quantitative estimate of drug-likeness (QED) is 0.116. The van der Waals surface area contributed by atoms with Gasteiger partial charge in [0.2, 0.25) is 11.0 Å². The third-order valence-electron chi connectivity index (χ3n) is 7.33. The minimum absolute atomic E-state index is 0.0798. The molecule has 1 aromatic heterocycles. The number of H-pyrrole nitrogens is 1. The van der Waals surface area contributed by atoms with Crippen molar-refractivity contribution in [3.05, 3.63) is 94.8 Å². The van der Waals surface area contributed by atoms with Gasteiger partial charge in [-0.1, -0.05) is 54.1 Å². The van der Waals surface area contributed by atoms with Crippen LogP contribution in [0.25, 0.3) is 11.0 Å². The highest BCUT2D eigenvalue weighted by Gasteiger charge is 2.50. The number of imidazole rings is 1. The van der Waals surface area contributed by atoms with Crippen molar-refractivity contribution in [2.45, 2.75) is 56.6 Å². The standard InChI is InChI=1S/C31H31ClF3N5O5S2/c1-30(2,3)40-26(41)17-25(47(40,43)44)19-11-9-18(10-12-19)15-24(27-37-22-14-13-20(32)16-23(22)38-27)39(45-28(42)31(33,34)35)29(46)36-21-7-5-4-6-8-21/h4-14,16,24-25,43-44H,15,17H2,1-3H3,(H,36,46)(H,37,38)/t24-,25?/m0/s1. The maximum Gasteiger partial charge on any atom is 0.493 e. The van der Waals surface area contributed by atoms with Gasteiger partial charge < -0.3 is 15.1 Å². The van der Waals surface area contributed by atoms with Crippen molar-refractivity contribution in [3.63, 3.8) is 0 Å². The first-order valence-electron chi connectivity index (χ1n) is 14.2. The van der Waals surface area contributed by atoms with Gasteiger partial charge in [0.05, 0.1) is 23.0 Å². The van der Waals surface area contributed by atoms with Crippen LogP contribution in [0.1, 0.15) is 55.4 Å². The third-order valence-corrected chi connectivity index (χ3v) is 10.3. The van der Waals surface area contributed by atoms with E-state index in [9.17, 15) is 31.9 Å². The summed E-state index contributed by atoms with van der Waals surface area (Å²) in [6, 6.07) is 18.5. The third kappa shape index (κ3) is 7.49. The number of nitrogens with zero attached hydrogens (tertiary/aromatic N) is 3. The summed E-state index contributed by atoms with van der Waals surface area (Å²) in [5.41, 5.74) is 1.58. The number of hydrogen-bond acceptors (Lipinski definition) is 7. The number of hydrogen-bond donors (Lipinski definition) is 4. The zero-order valence-electron chi connectivity index (χ0n) is 25.3. The van der Waals surface area contributed by atoms with Crippen LogP contribution >= 0.6 is 34.6 Å². The second-order valence-corrected chi connectivity index (χ2v) is 14.7. The summed E-state index contributed by atoms with van der Waals surface area (Å²) in [5.74, 6) is -2.76. The van der Waals surface area contributed by atoms with E-state index in [-0.39, 0.29) is 23.8 Å². The van der Waals surface area contributed by atoms with E-state index in [1.54, 1.807) is 93.6 Å². The first kappa shape index (κ1) is 34.4. The first-order valence-corrected chi connectivity index (χ1v) is 16.6. The monoisotopic (exact) mass is 709 g/mol. The molecule has 1 saturated heterocycles. The molecule has 2 atom stereocenters. The van der Waals surface area contributed by atoms with Crippen molar-refractivity contribution < 1.29 is 36.7 Å². The molecule has 2 heterocycles. The van der Waals surface area contributed by atoms with Crippen molar-refractivity contribution in [2.24, 2.45) is 0 Å². The summed E-state index contributed by atoms with van der Waals surface area (Å²) in [6.07, 6.45) is -5.52. The lowest BCUT2D eigenvalue weighted by molar-refractivity contribution is -0.230. The molecular formula is C31H31ClF3N5O5S2. The number of nitrogens with one attached hydrogen (secondary N) is 2. The van der Waals surface area contributed by atoms with Crippen LogP contribution in [-0.2, 0) is 20.8 Å². The second kappa shape index (κ2) is 13.0. The van der Waals surface area contributed by atoms with Crippen LogP contribution in [0.4, 0.5) is 18.9 Å². The Balaban J connectivity index is 1.53. The lowest BCUT2D eigenvalue weighted by Crippen LogP contribution is -2.43. The largest absolute Gasteiger partial charge is 0.493 e. The Morgan fingerprint density at radius 2 is 1.81 bits per heavy atom. The molecule has 1 unspecified atom stereocenters. The Labute approximate surface area is 280 Å². The molecule has 4 aromatic rings. The van der Waals surface area contributed by atoms with Gasteiger partial charge in [0.25, 0.3) is 0 Å². The van der Waals surface area contributed by atoms with Gasteiger partial charge in [-0.3, -0.25) is 13.9 Å². The number of anilines is 1. The van der Waals surface area contributed by atoms with Gasteiger partial charge in [-0.2, -0.15) is 18.2 Å². The highest BCUT2D eigenvalue weighted by atomic mass is 35.5. The van der Waals surface area contributed by atoms with E-state index in [0.717, 1.165) is 4.31 Å². The number of para-hydroxylation sites is 1. The topological polar surface area (TPSA) is 131 Å².